The largest absolute Gasteiger partial charge is 0.392 e. The molecule has 2 N–H and O–H groups in total. The zero-order valence-corrected chi connectivity index (χ0v) is 12.6. The standard InChI is InChI=1S/C13H22N2O3S/c1-10(2)14-19(17,18)13-7-5-12(6-8-13)15(4)9-11(3)16/h5-8,10-11,14,16H,9H2,1-4H3. The molecule has 0 bridgehead atoms. The fraction of sp³-hybridized carbons (Fsp3) is 0.538. The minimum atomic E-state index is -3.44. The molecular weight excluding hydrogens is 264 g/mol. The molecule has 0 radical (unpaired) electrons. The maximum Gasteiger partial charge on any atom is 0.240 e. The number of benzene rings is 1. The fourth-order valence-electron chi connectivity index (χ4n) is 1.76. The van der Waals surface area contributed by atoms with Crippen LogP contribution in [0, 0.1) is 0 Å². The molecule has 0 heterocycles. The lowest BCUT2D eigenvalue weighted by molar-refractivity contribution is 0.201. The third kappa shape index (κ3) is 4.81. The van der Waals surface area contributed by atoms with Gasteiger partial charge in [-0.05, 0) is 45.0 Å². The zero-order valence-electron chi connectivity index (χ0n) is 11.8. The van der Waals surface area contributed by atoms with Crippen LogP contribution in [0.5, 0.6) is 0 Å². The number of hydrogen-bond acceptors (Lipinski definition) is 4. The quantitative estimate of drug-likeness (QED) is 0.824. The molecule has 1 atom stereocenters. The van der Waals surface area contributed by atoms with Crippen LogP contribution in [0.2, 0.25) is 0 Å². The highest BCUT2D eigenvalue weighted by Gasteiger charge is 2.15. The van der Waals surface area contributed by atoms with Gasteiger partial charge >= 0.3 is 0 Å². The molecule has 0 fully saturated rings. The summed E-state index contributed by atoms with van der Waals surface area (Å²) in [7, 11) is -1.59. The second kappa shape index (κ2) is 6.36. The van der Waals surface area contributed by atoms with Crippen LogP contribution in [-0.4, -0.2) is 39.3 Å². The van der Waals surface area contributed by atoms with E-state index >= 15 is 0 Å². The van der Waals surface area contributed by atoms with Crippen LogP contribution in [0.25, 0.3) is 0 Å². The van der Waals surface area contributed by atoms with E-state index < -0.39 is 16.1 Å². The highest BCUT2D eigenvalue weighted by molar-refractivity contribution is 7.89. The Bertz CT molecular complexity index is 495. The molecule has 0 saturated heterocycles. The number of likely N-dealkylation sites (N-methyl/N-ethyl adjacent to an activating group) is 1. The molecule has 1 aromatic rings. The Balaban J connectivity index is 2.87. The van der Waals surface area contributed by atoms with Crippen LogP contribution in [0.15, 0.2) is 29.2 Å². The SMILES string of the molecule is CC(O)CN(C)c1ccc(S(=O)(=O)NC(C)C)cc1. The first kappa shape index (κ1) is 15.9. The van der Waals surface area contributed by atoms with Crippen molar-refractivity contribution in [1.82, 2.24) is 4.72 Å². The Morgan fingerprint density at radius 1 is 1.21 bits per heavy atom. The van der Waals surface area contributed by atoms with E-state index in [0.29, 0.717) is 6.54 Å². The van der Waals surface area contributed by atoms with Crippen molar-refractivity contribution in [3.63, 3.8) is 0 Å². The topological polar surface area (TPSA) is 69.6 Å². The number of nitrogens with one attached hydrogen (secondary N) is 1. The zero-order chi connectivity index (χ0) is 14.6. The Morgan fingerprint density at radius 3 is 2.16 bits per heavy atom. The number of rotatable bonds is 6. The van der Waals surface area contributed by atoms with Crippen molar-refractivity contribution >= 4 is 15.7 Å². The van der Waals surface area contributed by atoms with E-state index in [4.69, 9.17) is 0 Å². The maximum atomic E-state index is 11.9. The monoisotopic (exact) mass is 286 g/mol. The summed E-state index contributed by atoms with van der Waals surface area (Å²) in [6.45, 7) is 5.77. The summed E-state index contributed by atoms with van der Waals surface area (Å²) in [6.07, 6.45) is -0.434. The summed E-state index contributed by atoms with van der Waals surface area (Å²) < 4.78 is 26.4. The summed E-state index contributed by atoms with van der Waals surface area (Å²) in [5, 5.41) is 9.32. The van der Waals surface area contributed by atoms with Gasteiger partial charge in [0.25, 0.3) is 0 Å². The lowest BCUT2D eigenvalue weighted by Crippen LogP contribution is -2.30. The van der Waals surface area contributed by atoms with Crippen LogP contribution < -0.4 is 9.62 Å². The van der Waals surface area contributed by atoms with Gasteiger partial charge in [0.1, 0.15) is 0 Å². The van der Waals surface area contributed by atoms with Gasteiger partial charge in [-0.3, -0.25) is 0 Å². The van der Waals surface area contributed by atoms with Gasteiger partial charge in [-0.15, -0.1) is 0 Å². The second-order valence-electron chi connectivity index (χ2n) is 5.00. The molecule has 1 rings (SSSR count). The molecule has 0 aliphatic carbocycles. The van der Waals surface area contributed by atoms with Gasteiger partial charge in [0.2, 0.25) is 10.0 Å². The normalized spacial score (nSPS) is 13.6. The Morgan fingerprint density at radius 2 is 1.74 bits per heavy atom. The molecule has 19 heavy (non-hydrogen) atoms. The van der Waals surface area contributed by atoms with E-state index in [1.54, 1.807) is 45.0 Å². The Hall–Kier alpha value is -1.11. The number of aliphatic hydroxyl groups is 1. The van der Waals surface area contributed by atoms with E-state index in [9.17, 15) is 13.5 Å². The van der Waals surface area contributed by atoms with Gasteiger partial charge in [0.05, 0.1) is 11.0 Å². The highest BCUT2D eigenvalue weighted by atomic mass is 32.2. The molecular formula is C13H22N2O3S. The van der Waals surface area contributed by atoms with E-state index in [1.165, 1.54) is 0 Å². The molecule has 5 nitrogen and oxygen atoms in total. The van der Waals surface area contributed by atoms with Gasteiger partial charge in [0.15, 0.2) is 0 Å². The average molecular weight is 286 g/mol. The first-order chi connectivity index (χ1) is 8.72. The fourth-order valence-corrected chi connectivity index (χ4v) is 3.01. The van der Waals surface area contributed by atoms with Gasteiger partial charge < -0.3 is 10.0 Å². The van der Waals surface area contributed by atoms with Crippen molar-refractivity contribution in [1.29, 1.82) is 0 Å². The lowest BCUT2D eigenvalue weighted by Gasteiger charge is -2.21. The van der Waals surface area contributed by atoms with E-state index in [2.05, 4.69) is 4.72 Å². The van der Waals surface area contributed by atoms with Gasteiger partial charge in [-0.1, -0.05) is 0 Å². The van der Waals surface area contributed by atoms with Crippen molar-refractivity contribution < 1.29 is 13.5 Å². The highest BCUT2D eigenvalue weighted by Crippen LogP contribution is 2.17. The van der Waals surface area contributed by atoms with Crippen LogP contribution >= 0.6 is 0 Å². The van der Waals surface area contributed by atoms with Crippen LogP contribution in [0.3, 0.4) is 0 Å². The van der Waals surface area contributed by atoms with Crippen molar-refractivity contribution in [3.8, 4) is 0 Å². The predicted octanol–water partition coefficient (Wildman–Crippen LogP) is 1.19. The van der Waals surface area contributed by atoms with Crippen molar-refractivity contribution in [2.75, 3.05) is 18.5 Å². The van der Waals surface area contributed by atoms with Gasteiger partial charge in [0, 0.05) is 25.3 Å². The molecule has 0 aliphatic heterocycles. The molecule has 0 aliphatic rings. The number of nitrogens with zero attached hydrogens (tertiary/aromatic N) is 1. The molecule has 0 aromatic heterocycles. The maximum absolute atomic E-state index is 11.9. The van der Waals surface area contributed by atoms with E-state index in [-0.39, 0.29) is 10.9 Å². The molecule has 0 saturated carbocycles. The summed E-state index contributed by atoms with van der Waals surface area (Å²) in [4.78, 5) is 2.12. The molecule has 0 amide bonds. The average Bonchev–Trinajstić information content (AvgIpc) is 2.26. The smallest absolute Gasteiger partial charge is 0.240 e. The summed E-state index contributed by atoms with van der Waals surface area (Å²) in [6, 6.07) is 6.47. The molecule has 108 valence electrons. The van der Waals surface area contributed by atoms with Gasteiger partial charge in [-0.25, -0.2) is 13.1 Å². The minimum Gasteiger partial charge on any atom is -0.392 e. The summed E-state index contributed by atoms with van der Waals surface area (Å²) >= 11 is 0. The number of sulfonamides is 1. The van der Waals surface area contributed by atoms with Crippen LogP contribution in [0.4, 0.5) is 5.69 Å². The van der Waals surface area contributed by atoms with Crippen molar-refractivity contribution in [2.24, 2.45) is 0 Å². The first-order valence-electron chi connectivity index (χ1n) is 6.24. The Labute approximate surface area is 115 Å². The second-order valence-corrected chi connectivity index (χ2v) is 6.71. The number of aliphatic hydroxyl groups excluding tert-OH is 1. The van der Waals surface area contributed by atoms with Crippen molar-refractivity contribution in [3.05, 3.63) is 24.3 Å². The predicted molar refractivity (Wildman–Crippen MR) is 76.9 cm³/mol. The molecule has 1 unspecified atom stereocenters. The van der Waals surface area contributed by atoms with Crippen molar-refractivity contribution in [2.45, 2.75) is 37.8 Å². The Kier molecular flexibility index (Phi) is 5.34. The third-order valence-electron chi connectivity index (χ3n) is 2.52. The van der Waals surface area contributed by atoms with Gasteiger partial charge in [-0.2, -0.15) is 0 Å². The molecule has 1 aromatic carbocycles. The van der Waals surface area contributed by atoms with E-state index in [0.717, 1.165) is 5.69 Å². The number of anilines is 1. The van der Waals surface area contributed by atoms with E-state index in [1.807, 2.05) is 11.9 Å². The summed E-state index contributed by atoms with van der Waals surface area (Å²) in [5.74, 6) is 0. The molecule has 6 heteroatoms. The minimum absolute atomic E-state index is 0.136. The first-order valence-corrected chi connectivity index (χ1v) is 7.72. The third-order valence-corrected chi connectivity index (χ3v) is 4.19. The molecule has 0 spiro atoms. The number of hydrogen-bond donors (Lipinski definition) is 2. The van der Waals surface area contributed by atoms with Crippen LogP contribution in [0.1, 0.15) is 20.8 Å². The summed E-state index contributed by atoms with van der Waals surface area (Å²) in [5.41, 5.74) is 0.865. The van der Waals surface area contributed by atoms with Crippen LogP contribution in [-0.2, 0) is 10.0 Å². The lowest BCUT2D eigenvalue weighted by atomic mass is 10.3.